The number of benzene rings is 2. The Morgan fingerprint density at radius 2 is 2.03 bits per heavy atom. The molecule has 4 aromatic rings. The van der Waals surface area contributed by atoms with Gasteiger partial charge in [0.15, 0.2) is 0 Å². The molecule has 7 heteroatoms. The van der Waals surface area contributed by atoms with Crippen LogP contribution in [0.1, 0.15) is 22.4 Å². The first-order chi connectivity index (χ1) is 14.6. The molecular weight excluding hydrogens is 396 g/mol. The van der Waals surface area contributed by atoms with E-state index in [0.29, 0.717) is 17.7 Å². The van der Waals surface area contributed by atoms with Crippen molar-refractivity contribution in [1.29, 1.82) is 0 Å². The molecule has 0 aliphatic carbocycles. The van der Waals surface area contributed by atoms with Gasteiger partial charge in [-0.2, -0.15) is 0 Å². The fourth-order valence-electron chi connectivity index (χ4n) is 3.85. The number of nitrogens with zero attached hydrogens (tertiary/aromatic N) is 3. The number of amides is 1. The van der Waals surface area contributed by atoms with Crippen molar-refractivity contribution in [2.75, 3.05) is 12.3 Å². The average molecular weight is 419 g/mol. The van der Waals surface area contributed by atoms with Crippen LogP contribution in [-0.4, -0.2) is 38.3 Å². The molecule has 30 heavy (non-hydrogen) atoms. The van der Waals surface area contributed by atoms with Gasteiger partial charge >= 0.3 is 0 Å². The summed E-state index contributed by atoms with van der Waals surface area (Å²) in [5, 5.41) is 9.86. The van der Waals surface area contributed by atoms with E-state index in [1.165, 1.54) is 39.5 Å². The van der Waals surface area contributed by atoms with Crippen LogP contribution in [0.2, 0.25) is 0 Å². The van der Waals surface area contributed by atoms with Crippen molar-refractivity contribution in [2.24, 2.45) is 0 Å². The molecule has 2 aromatic heterocycles. The number of H-pyrrole nitrogens is 1. The highest BCUT2D eigenvalue weighted by Crippen LogP contribution is 2.29. The van der Waals surface area contributed by atoms with Gasteiger partial charge in [0.25, 0.3) is 5.22 Å². The van der Waals surface area contributed by atoms with Crippen molar-refractivity contribution >= 4 is 28.6 Å². The molecule has 0 saturated carbocycles. The van der Waals surface area contributed by atoms with Crippen LogP contribution in [0.5, 0.6) is 0 Å². The summed E-state index contributed by atoms with van der Waals surface area (Å²) in [6.07, 6.45) is 0.845. The van der Waals surface area contributed by atoms with Crippen LogP contribution in [0, 0.1) is 13.8 Å². The minimum absolute atomic E-state index is 0.0851. The predicted molar refractivity (Wildman–Crippen MR) is 117 cm³/mol. The van der Waals surface area contributed by atoms with Crippen molar-refractivity contribution in [3.05, 3.63) is 64.8 Å². The topological polar surface area (TPSA) is 75.0 Å². The Morgan fingerprint density at radius 3 is 2.90 bits per heavy atom. The smallest absolute Gasteiger partial charge is 0.277 e. The van der Waals surface area contributed by atoms with Crippen LogP contribution in [0.4, 0.5) is 0 Å². The van der Waals surface area contributed by atoms with Crippen molar-refractivity contribution in [2.45, 2.75) is 32.0 Å². The number of rotatable bonds is 4. The summed E-state index contributed by atoms with van der Waals surface area (Å²) in [5.74, 6) is 0.850. The molecule has 152 valence electrons. The van der Waals surface area contributed by atoms with Crippen LogP contribution >= 0.6 is 11.8 Å². The van der Waals surface area contributed by atoms with Gasteiger partial charge in [-0.25, -0.2) is 0 Å². The first-order valence-electron chi connectivity index (χ1n) is 9.98. The van der Waals surface area contributed by atoms with Crippen molar-refractivity contribution in [3.8, 4) is 11.5 Å². The molecule has 3 heterocycles. The minimum Gasteiger partial charge on any atom is -0.411 e. The van der Waals surface area contributed by atoms with E-state index in [9.17, 15) is 4.79 Å². The van der Waals surface area contributed by atoms with E-state index < -0.39 is 0 Å². The Labute approximate surface area is 178 Å². The van der Waals surface area contributed by atoms with E-state index in [2.05, 4.69) is 41.2 Å². The predicted octanol–water partition coefficient (Wildman–Crippen LogP) is 4.51. The van der Waals surface area contributed by atoms with Crippen molar-refractivity contribution in [3.63, 3.8) is 0 Å². The molecule has 0 unspecified atom stereocenters. The zero-order valence-electron chi connectivity index (χ0n) is 16.9. The molecule has 0 bridgehead atoms. The number of hydrogen-bond donors (Lipinski definition) is 1. The first-order valence-corrected chi connectivity index (χ1v) is 11.0. The summed E-state index contributed by atoms with van der Waals surface area (Å²) in [7, 11) is 0. The third-order valence-corrected chi connectivity index (χ3v) is 6.52. The fraction of sp³-hybridized carbons (Fsp3) is 0.261. The second-order valence-corrected chi connectivity index (χ2v) is 8.58. The summed E-state index contributed by atoms with van der Waals surface area (Å²) in [6, 6.07) is 14.3. The summed E-state index contributed by atoms with van der Waals surface area (Å²) in [4.78, 5) is 18.2. The molecule has 1 aliphatic rings. The van der Waals surface area contributed by atoms with Crippen LogP contribution in [0.3, 0.4) is 0 Å². The Morgan fingerprint density at radius 1 is 1.17 bits per heavy atom. The molecule has 0 spiro atoms. The number of aromatic amines is 1. The number of aryl methyl sites for hydroxylation is 2. The summed E-state index contributed by atoms with van der Waals surface area (Å²) < 4.78 is 5.77. The monoisotopic (exact) mass is 418 g/mol. The van der Waals surface area contributed by atoms with Crippen LogP contribution in [0.15, 0.2) is 52.1 Å². The van der Waals surface area contributed by atoms with E-state index in [-0.39, 0.29) is 11.7 Å². The number of carbonyl (C=O) groups excluding carboxylic acids is 1. The van der Waals surface area contributed by atoms with E-state index in [0.717, 1.165) is 24.0 Å². The third-order valence-electron chi connectivity index (χ3n) is 5.71. The summed E-state index contributed by atoms with van der Waals surface area (Å²) in [6.45, 7) is 5.48. The zero-order chi connectivity index (χ0) is 20.7. The molecular formula is C23H22N4O2S. The molecule has 0 radical (unpaired) electrons. The number of carbonyl (C=O) groups is 1. The number of aromatic nitrogens is 3. The lowest BCUT2D eigenvalue weighted by atomic mass is 10.0. The third kappa shape index (κ3) is 3.50. The van der Waals surface area contributed by atoms with Crippen molar-refractivity contribution in [1.82, 2.24) is 20.1 Å². The number of thioether (sulfide) groups is 1. The van der Waals surface area contributed by atoms with Gasteiger partial charge in [0.2, 0.25) is 11.8 Å². The molecule has 5 rings (SSSR count). The van der Waals surface area contributed by atoms with Gasteiger partial charge in [-0.15, -0.1) is 10.2 Å². The fourth-order valence-corrected chi connectivity index (χ4v) is 4.52. The SMILES string of the molecule is Cc1ccc(-c2nnc(SCC(=O)N3CCc4[nH]c5ccccc5c4C3)o2)cc1C. The Hall–Kier alpha value is -3.06. The number of fused-ring (bicyclic) bond motifs is 3. The normalized spacial score (nSPS) is 13.6. The number of hydrogen-bond acceptors (Lipinski definition) is 5. The summed E-state index contributed by atoms with van der Waals surface area (Å²) in [5.41, 5.74) is 6.89. The second kappa shape index (κ2) is 7.65. The highest BCUT2D eigenvalue weighted by Gasteiger charge is 2.24. The van der Waals surface area contributed by atoms with E-state index >= 15 is 0 Å². The molecule has 6 nitrogen and oxygen atoms in total. The van der Waals surface area contributed by atoms with E-state index in [1.54, 1.807) is 0 Å². The molecule has 0 fully saturated rings. The van der Waals surface area contributed by atoms with Gasteiger partial charge in [-0.05, 0) is 43.2 Å². The molecule has 1 aliphatic heterocycles. The summed E-state index contributed by atoms with van der Waals surface area (Å²) >= 11 is 1.29. The Balaban J connectivity index is 1.25. The zero-order valence-corrected chi connectivity index (χ0v) is 17.8. The Bertz CT molecular complexity index is 1240. The van der Waals surface area contributed by atoms with Gasteiger partial charge in [-0.1, -0.05) is 36.0 Å². The van der Waals surface area contributed by atoms with Gasteiger partial charge in [-0.3, -0.25) is 4.79 Å². The highest BCUT2D eigenvalue weighted by molar-refractivity contribution is 7.99. The second-order valence-electron chi connectivity index (χ2n) is 7.65. The highest BCUT2D eigenvalue weighted by atomic mass is 32.2. The van der Waals surface area contributed by atoms with Gasteiger partial charge in [0.05, 0.1) is 5.75 Å². The first kappa shape index (κ1) is 18.9. The molecule has 1 N–H and O–H groups in total. The standard InChI is InChI=1S/C23H22N4O2S/c1-14-7-8-16(11-15(14)2)22-25-26-23(29-22)30-13-21(28)27-10-9-20-18(12-27)17-5-3-4-6-19(17)24-20/h3-8,11,24H,9-10,12-13H2,1-2H3. The maximum atomic E-state index is 12.8. The van der Waals surface area contributed by atoms with Gasteiger partial charge in [0, 0.05) is 47.2 Å². The maximum absolute atomic E-state index is 12.8. The largest absolute Gasteiger partial charge is 0.411 e. The van der Waals surface area contributed by atoms with Crippen LogP contribution in [-0.2, 0) is 17.8 Å². The number of para-hydroxylation sites is 1. The lowest BCUT2D eigenvalue weighted by Crippen LogP contribution is -2.36. The molecule has 0 atom stereocenters. The Kier molecular flexibility index (Phi) is 4.83. The van der Waals surface area contributed by atoms with Crippen LogP contribution < -0.4 is 0 Å². The van der Waals surface area contributed by atoms with Crippen LogP contribution in [0.25, 0.3) is 22.4 Å². The van der Waals surface area contributed by atoms with Crippen molar-refractivity contribution < 1.29 is 9.21 Å². The minimum atomic E-state index is 0.0851. The maximum Gasteiger partial charge on any atom is 0.277 e. The lowest BCUT2D eigenvalue weighted by molar-refractivity contribution is -0.129. The molecule has 1 amide bonds. The van der Waals surface area contributed by atoms with E-state index in [1.807, 2.05) is 35.2 Å². The lowest BCUT2D eigenvalue weighted by Gasteiger charge is -2.27. The number of nitrogens with one attached hydrogen (secondary N) is 1. The quantitative estimate of drug-likeness (QED) is 0.494. The molecule has 2 aromatic carbocycles. The van der Waals surface area contributed by atoms with Gasteiger partial charge in [0.1, 0.15) is 0 Å². The van der Waals surface area contributed by atoms with E-state index in [4.69, 9.17) is 4.42 Å². The van der Waals surface area contributed by atoms with Gasteiger partial charge < -0.3 is 14.3 Å². The molecule has 0 saturated heterocycles. The average Bonchev–Trinajstić information content (AvgIpc) is 3.38.